The molecule has 1 heterocycles. The Labute approximate surface area is 336 Å². The molecule has 1 aromatic carbocycles. The number of carbonyl (C=O) groups excluding carboxylic acids is 3. The second-order valence-electron chi connectivity index (χ2n) is 17.2. The van der Waals surface area contributed by atoms with Gasteiger partial charge >= 0.3 is 5.97 Å². The molecule has 2 N–H and O–H groups in total. The number of benzene rings is 1. The molecule has 1 fully saturated rings. The maximum atomic E-state index is 13.7. The highest BCUT2D eigenvalue weighted by Crippen LogP contribution is 2.35. The second-order valence-corrected chi connectivity index (χ2v) is 17.2. The predicted octanol–water partition coefficient (Wildman–Crippen LogP) is 11.1. The van der Waals surface area contributed by atoms with E-state index in [1.54, 1.807) is 0 Å². The molecule has 0 bridgehead atoms. The van der Waals surface area contributed by atoms with Crippen LogP contribution in [0.3, 0.4) is 0 Å². The minimum Gasteiger partial charge on any atom is -0.460 e. The number of aryl methyl sites for hydroxylation is 1. The fraction of sp³-hybridized carbons (Fsp3) is 0.766. The number of nitrogens with one attached hydrogen (secondary N) is 2. The molecule has 2 amide bonds. The number of rotatable bonds is 30. The average molecular weight is 769 g/mol. The summed E-state index contributed by atoms with van der Waals surface area (Å²) in [6, 6.07) is 9.51. The smallest absolute Gasteiger partial charge is 0.308 e. The van der Waals surface area contributed by atoms with Crippen molar-refractivity contribution >= 4 is 17.8 Å². The number of hydrogen-bond acceptors (Lipinski definition) is 6. The molecule has 1 aliphatic rings. The molecular weight excluding hydrogens is 689 g/mol. The molecule has 4 unspecified atom stereocenters. The van der Waals surface area contributed by atoms with Crippen molar-refractivity contribution in [2.45, 2.75) is 220 Å². The summed E-state index contributed by atoms with van der Waals surface area (Å²) in [6.45, 7) is 14.3. The lowest BCUT2D eigenvalue weighted by atomic mass is 9.85. The Hall–Kier alpha value is -2.71. The normalized spacial score (nSPS) is 18.1. The van der Waals surface area contributed by atoms with E-state index in [-0.39, 0.29) is 30.2 Å². The highest BCUT2D eigenvalue weighted by molar-refractivity contribution is 5.83. The third-order valence-corrected chi connectivity index (χ3v) is 10.7. The molecule has 55 heavy (non-hydrogen) atoms. The van der Waals surface area contributed by atoms with E-state index < -0.39 is 29.5 Å². The van der Waals surface area contributed by atoms with Gasteiger partial charge in [0.2, 0.25) is 11.8 Å². The third-order valence-electron chi connectivity index (χ3n) is 10.7. The van der Waals surface area contributed by atoms with Crippen LogP contribution < -0.4 is 10.6 Å². The van der Waals surface area contributed by atoms with Crippen LogP contribution in [-0.4, -0.2) is 54.5 Å². The average Bonchev–Trinajstić information content (AvgIpc) is 3.14. The number of amides is 2. The van der Waals surface area contributed by atoms with E-state index in [9.17, 15) is 14.4 Å². The van der Waals surface area contributed by atoms with Crippen molar-refractivity contribution in [3.8, 4) is 0 Å². The Morgan fingerprint density at radius 2 is 1.38 bits per heavy atom. The van der Waals surface area contributed by atoms with Crippen LogP contribution in [0.4, 0.5) is 0 Å². The number of hydrogen-bond donors (Lipinski definition) is 2. The van der Waals surface area contributed by atoms with Crippen molar-refractivity contribution in [3.63, 3.8) is 0 Å². The Kier molecular flexibility index (Phi) is 24.5. The first-order valence-corrected chi connectivity index (χ1v) is 22.2. The molecule has 1 aliphatic heterocycles. The van der Waals surface area contributed by atoms with E-state index >= 15 is 0 Å². The van der Waals surface area contributed by atoms with Crippen molar-refractivity contribution in [2.75, 3.05) is 6.61 Å². The van der Waals surface area contributed by atoms with E-state index in [1.165, 1.54) is 63.4 Å². The summed E-state index contributed by atoms with van der Waals surface area (Å²) in [6.07, 6.45) is 25.9. The lowest BCUT2D eigenvalue weighted by Gasteiger charge is -2.45. The van der Waals surface area contributed by atoms with Gasteiger partial charge in [0.05, 0.1) is 19.1 Å². The summed E-state index contributed by atoms with van der Waals surface area (Å²) >= 11 is 0. The summed E-state index contributed by atoms with van der Waals surface area (Å²) in [4.78, 5) is 40.3. The maximum Gasteiger partial charge on any atom is 0.308 e. The molecule has 0 aromatic heterocycles. The van der Waals surface area contributed by atoms with Gasteiger partial charge in [-0.2, -0.15) is 0 Å². The van der Waals surface area contributed by atoms with Gasteiger partial charge in [0.15, 0.2) is 5.79 Å². The zero-order chi connectivity index (χ0) is 40.4. The summed E-state index contributed by atoms with van der Waals surface area (Å²) in [5, 5.41) is 6.29. The molecule has 0 saturated carbocycles. The number of carbonyl (C=O) groups is 3. The summed E-state index contributed by atoms with van der Waals surface area (Å²) in [5.74, 6) is -1.48. The summed E-state index contributed by atoms with van der Waals surface area (Å²) < 4.78 is 18.1. The van der Waals surface area contributed by atoms with Gasteiger partial charge in [-0.3, -0.25) is 14.4 Å². The van der Waals surface area contributed by atoms with Crippen LogP contribution in [0.15, 0.2) is 42.5 Å². The maximum absolute atomic E-state index is 13.7. The molecule has 0 spiro atoms. The number of esters is 1. The SMILES string of the molecule is CCCCCCCC/C=C\CCCCCCCC(=O)NC(C)C(CCCCC)OC(=O)CC(CCCc1ccccc1)NC(=O)C1OC(C)(C)OCC1(C)C. The van der Waals surface area contributed by atoms with Crippen LogP contribution in [-0.2, 0) is 35.0 Å². The molecule has 4 atom stereocenters. The third kappa shape index (κ3) is 22.0. The molecule has 8 nitrogen and oxygen atoms in total. The van der Waals surface area contributed by atoms with Crippen molar-refractivity contribution in [2.24, 2.45) is 5.41 Å². The molecule has 2 rings (SSSR count). The Bertz CT molecular complexity index is 1220. The first-order valence-electron chi connectivity index (χ1n) is 22.2. The fourth-order valence-corrected chi connectivity index (χ4v) is 7.22. The molecule has 1 saturated heterocycles. The van der Waals surface area contributed by atoms with Crippen LogP contribution in [0.25, 0.3) is 0 Å². The van der Waals surface area contributed by atoms with Crippen LogP contribution >= 0.6 is 0 Å². The Morgan fingerprint density at radius 3 is 2.04 bits per heavy atom. The molecular formula is C47H80N2O6. The zero-order valence-corrected chi connectivity index (χ0v) is 36.1. The first kappa shape index (κ1) is 48.4. The van der Waals surface area contributed by atoms with Crippen molar-refractivity contribution < 1.29 is 28.6 Å². The van der Waals surface area contributed by atoms with Crippen LogP contribution in [0.2, 0.25) is 0 Å². The second kappa shape index (κ2) is 27.8. The quantitative estimate of drug-likeness (QED) is 0.0459. The summed E-state index contributed by atoms with van der Waals surface area (Å²) in [5.41, 5.74) is 0.685. The minimum absolute atomic E-state index is 0.00900. The van der Waals surface area contributed by atoms with E-state index in [1.807, 2.05) is 52.8 Å². The molecule has 1 aromatic rings. The molecule has 0 aliphatic carbocycles. The topological polar surface area (TPSA) is 103 Å². The molecule has 0 radical (unpaired) electrons. The van der Waals surface area contributed by atoms with E-state index in [4.69, 9.17) is 14.2 Å². The van der Waals surface area contributed by atoms with Crippen LogP contribution in [0, 0.1) is 5.41 Å². The van der Waals surface area contributed by atoms with Gasteiger partial charge in [0.25, 0.3) is 0 Å². The van der Waals surface area contributed by atoms with Gasteiger partial charge < -0.3 is 24.8 Å². The van der Waals surface area contributed by atoms with Gasteiger partial charge in [-0.15, -0.1) is 0 Å². The largest absolute Gasteiger partial charge is 0.460 e. The van der Waals surface area contributed by atoms with E-state index in [2.05, 4.69) is 48.8 Å². The monoisotopic (exact) mass is 769 g/mol. The lowest BCUT2D eigenvalue weighted by molar-refractivity contribution is -0.304. The first-order chi connectivity index (χ1) is 26.4. The molecule has 8 heteroatoms. The highest BCUT2D eigenvalue weighted by atomic mass is 16.7. The highest BCUT2D eigenvalue weighted by Gasteiger charge is 2.46. The Morgan fingerprint density at radius 1 is 0.782 bits per heavy atom. The van der Waals surface area contributed by atoms with Gasteiger partial charge in [0, 0.05) is 17.9 Å². The van der Waals surface area contributed by atoms with Crippen molar-refractivity contribution in [1.29, 1.82) is 0 Å². The van der Waals surface area contributed by atoms with Gasteiger partial charge in [0.1, 0.15) is 12.2 Å². The fourth-order valence-electron chi connectivity index (χ4n) is 7.22. The van der Waals surface area contributed by atoms with Gasteiger partial charge in [-0.25, -0.2) is 0 Å². The van der Waals surface area contributed by atoms with Crippen LogP contribution in [0.1, 0.15) is 189 Å². The summed E-state index contributed by atoms with van der Waals surface area (Å²) in [7, 11) is 0. The van der Waals surface area contributed by atoms with Crippen molar-refractivity contribution in [1.82, 2.24) is 10.6 Å². The zero-order valence-electron chi connectivity index (χ0n) is 36.1. The number of allylic oxidation sites excluding steroid dienone is 2. The standard InChI is InChI=1S/C47H80N2O6/c1-8-10-12-13-14-15-16-17-18-19-20-21-22-23-28-35-42(50)48-38(3)41(34-25-11-9-2)54-43(51)36-40(33-29-32-39-30-26-24-27-31-39)49-45(52)44-46(4,5)37-53-47(6,7)55-44/h17-18,24,26-27,30-31,38,40-41,44H,8-16,19-23,25,28-29,32-37H2,1-7H3,(H,48,50)(H,49,52)/b18-17-. The predicted molar refractivity (Wildman–Crippen MR) is 226 cm³/mol. The van der Waals surface area contributed by atoms with Crippen molar-refractivity contribution in [3.05, 3.63) is 48.0 Å². The van der Waals surface area contributed by atoms with Crippen LogP contribution in [0.5, 0.6) is 0 Å². The number of unbranched alkanes of at least 4 members (excludes halogenated alkanes) is 13. The number of ether oxygens (including phenoxy) is 3. The van der Waals surface area contributed by atoms with E-state index in [0.29, 0.717) is 25.9 Å². The van der Waals surface area contributed by atoms with Gasteiger partial charge in [-0.1, -0.05) is 134 Å². The van der Waals surface area contributed by atoms with Gasteiger partial charge in [-0.05, 0) is 90.5 Å². The lowest BCUT2D eigenvalue weighted by Crippen LogP contribution is -2.57. The Balaban J connectivity index is 1.86. The molecule has 314 valence electrons. The minimum atomic E-state index is -0.879. The van der Waals surface area contributed by atoms with E-state index in [0.717, 1.165) is 57.8 Å².